The summed E-state index contributed by atoms with van der Waals surface area (Å²) in [5.41, 5.74) is 1.84. The van der Waals surface area contributed by atoms with Crippen LogP contribution in [0.5, 0.6) is 5.75 Å². The van der Waals surface area contributed by atoms with Gasteiger partial charge in [-0.05, 0) is 29.5 Å². The second kappa shape index (κ2) is 9.04. The Bertz CT molecular complexity index is 979. The highest BCUT2D eigenvalue weighted by molar-refractivity contribution is 5.95. The smallest absolute Gasteiger partial charge is 0.260 e. The largest absolute Gasteiger partial charge is 0.483 e. The van der Waals surface area contributed by atoms with Gasteiger partial charge in [-0.3, -0.25) is 9.59 Å². The predicted molar refractivity (Wildman–Crippen MR) is 112 cm³/mol. The molecule has 0 radical (unpaired) electrons. The second-order valence-electron chi connectivity index (χ2n) is 6.57. The second-order valence-corrected chi connectivity index (χ2v) is 6.57. The standard InChI is InChI=1S/C23H24N2O3/c1-3-17-9-5-7-13-20(17)24-22(26)15-25(2)23(27)16-28-21-14-8-11-18-10-4-6-12-19(18)21/h4-14H,3,15-16H2,1-2H3,(H,24,26). The van der Waals surface area contributed by atoms with Gasteiger partial charge in [0.05, 0.1) is 6.54 Å². The molecule has 3 rings (SSSR count). The van der Waals surface area contributed by atoms with Gasteiger partial charge >= 0.3 is 0 Å². The van der Waals surface area contributed by atoms with E-state index in [1.54, 1.807) is 7.05 Å². The summed E-state index contributed by atoms with van der Waals surface area (Å²) in [4.78, 5) is 26.1. The molecule has 3 aromatic rings. The molecule has 0 unspecified atom stereocenters. The van der Waals surface area contributed by atoms with Crippen molar-refractivity contribution in [3.63, 3.8) is 0 Å². The summed E-state index contributed by atoms with van der Waals surface area (Å²) in [7, 11) is 1.60. The Kier molecular flexibility index (Phi) is 6.27. The number of para-hydroxylation sites is 1. The maximum atomic E-state index is 12.4. The summed E-state index contributed by atoms with van der Waals surface area (Å²) < 4.78 is 5.72. The molecule has 0 bridgehead atoms. The van der Waals surface area contributed by atoms with Crippen LogP contribution in [-0.2, 0) is 16.0 Å². The van der Waals surface area contributed by atoms with Crippen LogP contribution in [0, 0.1) is 0 Å². The summed E-state index contributed by atoms with van der Waals surface area (Å²) >= 11 is 0. The van der Waals surface area contributed by atoms with Crippen LogP contribution in [0.4, 0.5) is 5.69 Å². The van der Waals surface area contributed by atoms with Crippen molar-refractivity contribution in [1.29, 1.82) is 0 Å². The van der Waals surface area contributed by atoms with Gasteiger partial charge in [0.15, 0.2) is 6.61 Å². The van der Waals surface area contributed by atoms with Crippen LogP contribution in [-0.4, -0.2) is 36.9 Å². The lowest BCUT2D eigenvalue weighted by atomic mass is 10.1. The van der Waals surface area contributed by atoms with Crippen molar-refractivity contribution in [1.82, 2.24) is 4.90 Å². The van der Waals surface area contributed by atoms with Crippen LogP contribution in [0.2, 0.25) is 0 Å². The Hall–Kier alpha value is -3.34. The van der Waals surface area contributed by atoms with Gasteiger partial charge in [-0.25, -0.2) is 0 Å². The van der Waals surface area contributed by atoms with Crippen LogP contribution in [0.1, 0.15) is 12.5 Å². The van der Waals surface area contributed by atoms with Crippen LogP contribution in [0.15, 0.2) is 66.7 Å². The first-order valence-corrected chi connectivity index (χ1v) is 9.30. The molecule has 0 spiro atoms. The molecule has 5 nitrogen and oxygen atoms in total. The number of carbonyl (C=O) groups is 2. The van der Waals surface area contributed by atoms with Crippen LogP contribution in [0.3, 0.4) is 0 Å². The summed E-state index contributed by atoms with van der Waals surface area (Å²) in [5, 5.41) is 4.88. The van der Waals surface area contributed by atoms with E-state index in [9.17, 15) is 9.59 Å². The zero-order valence-corrected chi connectivity index (χ0v) is 16.1. The van der Waals surface area contributed by atoms with Crippen molar-refractivity contribution in [3.8, 4) is 5.75 Å². The zero-order valence-electron chi connectivity index (χ0n) is 16.1. The first-order chi connectivity index (χ1) is 13.6. The molecule has 0 heterocycles. The number of amides is 2. The van der Waals surface area contributed by atoms with Gasteiger partial charge in [0, 0.05) is 18.1 Å². The van der Waals surface area contributed by atoms with Gasteiger partial charge < -0.3 is 15.0 Å². The Balaban J connectivity index is 1.56. The molecule has 0 aromatic heterocycles. The first kappa shape index (κ1) is 19.4. The number of benzene rings is 3. The van der Waals surface area contributed by atoms with Crippen molar-refractivity contribution >= 4 is 28.3 Å². The molecule has 5 heteroatoms. The number of fused-ring (bicyclic) bond motifs is 1. The molecule has 0 fully saturated rings. The SMILES string of the molecule is CCc1ccccc1NC(=O)CN(C)C(=O)COc1cccc2ccccc12. The number of hydrogen-bond acceptors (Lipinski definition) is 3. The van der Waals surface area contributed by atoms with Gasteiger partial charge in [0.2, 0.25) is 5.91 Å². The molecule has 0 aliphatic carbocycles. The normalized spacial score (nSPS) is 10.5. The Morgan fingerprint density at radius 2 is 1.68 bits per heavy atom. The highest BCUT2D eigenvalue weighted by Crippen LogP contribution is 2.25. The van der Waals surface area contributed by atoms with E-state index in [-0.39, 0.29) is 25.0 Å². The van der Waals surface area contributed by atoms with Crippen molar-refractivity contribution in [2.75, 3.05) is 25.5 Å². The molecule has 0 aliphatic rings. The van der Waals surface area contributed by atoms with Gasteiger partial charge in [-0.1, -0.05) is 61.5 Å². The minimum Gasteiger partial charge on any atom is -0.483 e. The van der Waals surface area contributed by atoms with E-state index in [1.807, 2.05) is 73.7 Å². The molecule has 28 heavy (non-hydrogen) atoms. The number of nitrogens with zero attached hydrogens (tertiary/aromatic N) is 1. The third kappa shape index (κ3) is 4.68. The highest BCUT2D eigenvalue weighted by Gasteiger charge is 2.15. The molecule has 144 valence electrons. The van der Waals surface area contributed by atoms with Gasteiger partial charge in [0.25, 0.3) is 5.91 Å². The third-order valence-electron chi connectivity index (χ3n) is 4.58. The van der Waals surface area contributed by atoms with E-state index >= 15 is 0 Å². The summed E-state index contributed by atoms with van der Waals surface area (Å²) in [6.45, 7) is 1.88. The summed E-state index contributed by atoms with van der Waals surface area (Å²) in [6, 6.07) is 21.2. The molecular weight excluding hydrogens is 352 g/mol. The fourth-order valence-electron chi connectivity index (χ4n) is 3.02. The van der Waals surface area contributed by atoms with Crippen LogP contribution >= 0.6 is 0 Å². The molecule has 1 N–H and O–H groups in total. The molecule has 0 saturated carbocycles. The van der Waals surface area contributed by atoms with E-state index < -0.39 is 0 Å². The maximum Gasteiger partial charge on any atom is 0.260 e. The minimum absolute atomic E-state index is 0.0320. The van der Waals surface area contributed by atoms with Crippen molar-refractivity contribution in [2.45, 2.75) is 13.3 Å². The van der Waals surface area contributed by atoms with E-state index in [4.69, 9.17) is 4.74 Å². The monoisotopic (exact) mass is 376 g/mol. The number of rotatable bonds is 7. The Morgan fingerprint density at radius 1 is 0.964 bits per heavy atom. The van der Waals surface area contributed by atoms with Gasteiger partial charge in [0.1, 0.15) is 5.75 Å². The minimum atomic E-state index is -0.258. The summed E-state index contributed by atoms with van der Waals surface area (Å²) in [6.07, 6.45) is 0.824. The lowest BCUT2D eigenvalue weighted by Gasteiger charge is -2.18. The topological polar surface area (TPSA) is 58.6 Å². The van der Waals surface area contributed by atoms with Crippen LogP contribution < -0.4 is 10.1 Å². The van der Waals surface area contributed by atoms with E-state index in [1.165, 1.54) is 4.90 Å². The molecule has 0 aliphatic heterocycles. The fraction of sp³-hybridized carbons (Fsp3) is 0.217. The summed E-state index contributed by atoms with van der Waals surface area (Å²) in [5.74, 6) is 0.162. The number of carbonyl (C=O) groups excluding carboxylic acids is 2. The number of hydrogen-bond donors (Lipinski definition) is 1. The predicted octanol–water partition coefficient (Wildman–Crippen LogP) is 3.88. The molecular formula is C23H24N2O3. The average Bonchev–Trinajstić information content (AvgIpc) is 2.72. The maximum absolute atomic E-state index is 12.4. The number of nitrogens with one attached hydrogen (secondary N) is 1. The quantitative estimate of drug-likeness (QED) is 0.681. The number of anilines is 1. The number of aryl methyl sites for hydroxylation is 1. The number of ether oxygens (including phenoxy) is 1. The Morgan fingerprint density at radius 3 is 2.50 bits per heavy atom. The van der Waals surface area contributed by atoms with Crippen LogP contribution in [0.25, 0.3) is 10.8 Å². The average molecular weight is 376 g/mol. The van der Waals surface area contributed by atoms with E-state index in [2.05, 4.69) is 5.32 Å². The molecule has 2 amide bonds. The van der Waals surface area contributed by atoms with E-state index in [0.717, 1.165) is 28.4 Å². The Labute approximate surface area is 164 Å². The lowest BCUT2D eigenvalue weighted by Crippen LogP contribution is -2.37. The van der Waals surface area contributed by atoms with E-state index in [0.29, 0.717) is 5.75 Å². The first-order valence-electron chi connectivity index (χ1n) is 9.30. The lowest BCUT2D eigenvalue weighted by molar-refractivity contribution is -0.135. The number of likely N-dealkylation sites (N-methyl/N-ethyl adjacent to an activating group) is 1. The highest BCUT2D eigenvalue weighted by atomic mass is 16.5. The molecule has 0 atom stereocenters. The van der Waals surface area contributed by atoms with Crippen molar-refractivity contribution in [3.05, 3.63) is 72.3 Å². The third-order valence-corrected chi connectivity index (χ3v) is 4.58. The van der Waals surface area contributed by atoms with Crippen molar-refractivity contribution in [2.24, 2.45) is 0 Å². The molecule has 0 saturated heterocycles. The van der Waals surface area contributed by atoms with Crippen molar-refractivity contribution < 1.29 is 14.3 Å². The zero-order chi connectivity index (χ0) is 19.9. The van der Waals surface area contributed by atoms with Gasteiger partial charge in [-0.2, -0.15) is 0 Å². The fourth-order valence-corrected chi connectivity index (χ4v) is 3.02. The molecule has 3 aromatic carbocycles. The van der Waals surface area contributed by atoms with Gasteiger partial charge in [-0.15, -0.1) is 0 Å².